The van der Waals surface area contributed by atoms with Gasteiger partial charge in [0.1, 0.15) is 5.58 Å². The molecule has 2 rings (SSSR count). The molecule has 92 valence electrons. The summed E-state index contributed by atoms with van der Waals surface area (Å²) in [5, 5.41) is 0.967. The molecule has 0 amide bonds. The van der Waals surface area contributed by atoms with Gasteiger partial charge < -0.3 is 4.42 Å². The van der Waals surface area contributed by atoms with E-state index in [-0.39, 0.29) is 5.63 Å². The van der Waals surface area contributed by atoms with Crippen LogP contribution >= 0.6 is 21.4 Å². The minimum absolute atomic E-state index is 0.300. The van der Waals surface area contributed by atoms with Crippen molar-refractivity contribution in [3.8, 4) is 0 Å². The average molecular weight is 295 g/mol. The Labute approximate surface area is 107 Å². The summed E-state index contributed by atoms with van der Waals surface area (Å²) >= 11 is 0. The van der Waals surface area contributed by atoms with Crippen LogP contribution in [-0.2, 0) is 8.26 Å². The number of hydrogen-bond donors (Lipinski definition) is 0. The maximum Gasteiger partial charge on any atom is 0.336 e. The Balaban J connectivity index is 0.000000249. The van der Waals surface area contributed by atoms with E-state index in [0.717, 1.165) is 10.9 Å². The summed E-state index contributed by atoms with van der Waals surface area (Å²) in [6.07, 6.45) is 0. The van der Waals surface area contributed by atoms with Gasteiger partial charge in [0, 0.05) is 32.8 Å². The lowest BCUT2D eigenvalue weighted by atomic mass is 10.2. The molecule has 0 aliphatic heterocycles. The molecule has 1 heterocycles. The van der Waals surface area contributed by atoms with Gasteiger partial charge in [-0.25, -0.2) is 4.79 Å². The fraction of sp³-hybridized carbons (Fsp3) is 0.100. The predicted molar refractivity (Wildman–Crippen MR) is 67.8 cm³/mol. The van der Waals surface area contributed by atoms with Gasteiger partial charge in [-0.15, -0.1) is 0 Å². The van der Waals surface area contributed by atoms with E-state index >= 15 is 0 Å². The van der Waals surface area contributed by atoms with Crippen molar-refractivity contribution in [2.24, 2.45) is 0 Å². The van der Waals surface area contributed by atoms with Crippen LogP contribution in [0.5, 0.6) is 0 Å². The molecule has 0 unspecified atom stereocenters. The molecule has 0 spiro atoms. The second kappa shape index (κ2) is 5.53. The number of hydrogen-bond acceptors (Lipinski definition) is 4. The fourth-order valence-electron chi connectivity index (χ4n) is 1.19. The molecule has 0 fully saturated rings. The molecule has 4 nitrogen and oxygen atoms in total. The summed E-state index contributed by atoms with van der Waals surface area (Å²) in [6, 6.07) is 8.92. The van der Waals surface area contributed by atoms with Crippen LogP contribution in [0.3, 0.4) is 0 Å². The maximum atomic E-state index is 10.8. The van der Waals surface area contributed by atoms with Crippen molar-refractivity contribution in [1.82, 2.24) is 0 Å². The summed E-state index contributed by atoms with van der Waals surface area (Å²) < 4.78 is 23.3. The Bertz CT molecular complexity index is 668. The molecule has 2 aromatic rings. The Morgan fingerprint density at radius 1 is 1.12 bits per heavy atom. The van der Waals surface area contributed by atoms with Crippen molar-refractivity contribution in [1.29, 1.82) is 0 Å². The zero-order valence-corrected chi connectivity index (χ0v) is 11.0. The van der Waals surface area contributed by atoms with Gasteiger partial charge in [-0.2, -0.15) is 8.42 Å². The highest BCUT2D eigenvalue weighted by Gasteiger charge is 1.95. The summed E-state index contributed by atoms with van der Waals surface area (Å²) in [4.78, 5) is 10.8. The normalized spacial score (nSPS) is 10.8. The first-order valence-electron chi connectivity index (χ1n) is 4.40. The highest BCUT2D eigenvalue weighted by Crippen LogP contribution is 2.12. The fourth-order valence-corrected chi connectivity index (χ4v) is 1.19. The summed E-state index contributed by atoms with van der Waals surface area (Å²) in [5.41, 5.74) is 1.51. The van der Waals surface area contributed by atoms with E-state index in [1.165, 1.54) is 6.07 Å². The van der Waals surface area contributed by atoms with E-state index in [4.69, 9.17) is 12.8 Å². The molecule has 1 aromatic heterocycles. The van der Waals surface area contributed by atoms with Crippen LogP contribution in [0.15, 0.2) is 39.5 Å². The van der Waals surface area contributed by atoms with Crippen molar-refractivity contribution in [2.75, 3.05) is 0 Å². The van der Waals surface area contributed by atoms with Gasteiger partial charge in [0.25, 0.3) is 0 Å². The zero-order chi connectivity index (χ0) is 13.1. The number of fused-ring (bicyclic) bond motifs is 1. The SMILES string of the molecule is Cc1ccc2oc(=O)ccc2c1.O=S(=O)(Cl)Cl. The monoisotopic (exact) mass is 294 g/mol. The average Bonchev–Trinajstić information content (AvgIpc) is 2.16. The lowest BCUT2D eigenvalue weighted by molar-refractivity contribution is 0.561. The van der Waals surface area contributed by atoms with E-state index in [9.17, 15) is 4.79 Å². The highest BCUT2D eigenvalue weighted by atomic mass is 36.0. The van der Waals surface area contributed by atoms with Crippen LogP contribution in [0, 0.1) is 6.92 Å². The van der Waals surface area contributed by atoms with Crippen molar-refractivity contribution in [2.45, 2.75) is 6.92 Å². The molecule has 17 heavy (non-hydrogen) atoms. The second-order valence-electron chi connectivity index (χ2n) is 3.17. The molecular formula is C10H8Cl2O4S. The molecule has 0 saturated carbocycles. The van der Waals surface area contributed by atoms with Crippen molar-refractivity contribution in [3.63, 3.8) is 0 Å². The summed E-state index contributed by atoms with van der Waals surface area (Å²) in [5.74, 6) is 0. The molecule has 0 aliphatic carbocycles. The number of aryl methyl sites for hydroxylation is 1. The Kier molecular flexibility index (Phi) is 4.56. The van der Waals surface area contributed by atoms with Crippen molar-refractivity contribution >= 4 is 40.6 Å². The van der Waals surface area contributed by atoms with Crippen LogP contribution in [0.25, 0.3) is 11.0 Å². The van der Waals surface area contributed by atoms with Gasteiger partial charge in [0.2, 0.25) is 0 Å². The van der Waals surface area contributed by atoms with E-state index in [0.29, 0.717) is 5.58 Å². The number of benzene rings is 1. The van der Waals surface area contributed by atoms with Crippen LogP contribution in [0.4, 0.5) is 0 Å². The third-order valence-electron chi connectivity index (χ3n) is 1.77. The van der Waals surface area contributed by atoms with Gasteiger partial charge in [-0.1, -0.05) is 11.6 Å². The lowest BCUT2D eigenvalue weighted by Gasteiger charge is -1.95. The largest absolute Gasteiger partial charge is 0.423 e. The van der Waals surface area contributed by atoms with E-state index in [2.05, 4.69) is 21.4 Å². The standard InChI is InChI=1S/C10H8O2.Cl2O2S/c1-7-2-4-9-8(6-7)3-5-10(11)12-9;1-5(2,3)4/h2-6H,1H3;. The van der Waals surface area contributed by atoms with Crippen LogP contribution in [0.1, 0.15) is 5.56 Å². The van der Waals surface area contributed by atoms with Gasteiger partial charge in [0.15, 0.2) is 0 Å². The summed E-state index contributed by atoms with van der Waals surface area (Å²) in [7, 11) is 4.81. The van der Waals surface area contributed by atoms with Gasteiger partial charge in [-0.05, 0) is 25.1 Å². The van der Waals surface area contributed by atoms with Crippen molar-refractivity contribution < 1.29 is 12.8 Å². The topological polar surface area (TPSA) is 64.3 Å². The van der Waals surface area contributed by atoms with E-state index in [1.807, 2.05) is 25.1 Å². The minimum atomic E-state index is -3.72. The summed E-state index contributed by atoms with van der Waals surface area (Å²) in [6.45, 7) is 2.00. The smallest absolute Gasteiger partial charge is 0.336 e. The molecule has 0 saturated heterocycles. The van der Waals surface area contributed by atoms with Gasteiger partial charge in [0.05, 0.1) is 0 Å². The van der Waals surface area contributed by atoms with Crippen molar-refractivity contribution in [3.05, 3.63) is 46.3 Å². The predicted octanol–water partition coefficient (Wildman–Crippen LogP) is 2.81. The number of rotatable bonds is 0. The van der Waals surface area contributed by atoms with E-state index < -0.39 is 8.26 Å². The maximum absolute atomic E-state index is 10.8. The number of halogens is 2. The van der Waals surface area contributed by atoms with Crippen LogP contribution < -0.4 is 5.63 Å². The molecule has 1 aromatic carbocycles. The third kappa shape index (κ3) is 5.72. The molecular weight excluding hydrogens is 287 g/mol. The van der Waals surface area contributed by atoms with Gasteiger partial charge in [-0.3, -0.25) is 0 Å². The van der Waals surface area contributed by atoms with Gasteiger partial charge >= 0.3 is 13.9 Å². The first-order valence-corrected chi connectivity index (χ1v) is 7.54. The third-order valence-corrected chi connectivity index (χ3v) is 1.77. The molecule has 0 atom stereocenters. The quantitative estimate of drug-likeness (QED) is 0.554. The molecule has 0 N–H and O–H groups in total. The Morgan fingerprint density at radius 3 is 2.29 bits per heavy atom. The molecule has 0 bridgehead atoms. The molecule has 0 radical (unpaired) electrons. The van der Waals surface area contributed by atoms with Crippen LogP contribution in [0.2, 0.25) is 0 Å². The first-order chi connectivity index (χ1) is 7.75. The lowest BCUT2D eigenvalue weighted by Crippen LogP contribution is -1.93. The zero-order valence-electron chi connectivity index (χ0n) is 8.68. The minimum Gasteiger partial charge on any atom is -0.423 e. The second-order valence-corrected chi connectivity index (χ2v) is 6.84. The first kappa shape index (κ1) is 14.0. The Hall–Kier alpha value is -1.04. The van der Waals surface area contributed by atoms with E-state index in [1.54, 1.807) is 6.07 Å². The van der Waals surface area contributed by atoms with Crippen LogP contribution in [-0.4, -0.2) is 8.42 Å². The molecule has 0 aliphatic rings. The Morgan fingerprint density at radius 2 is 1.71 bits per heavy atom. The molecule has 7 heteroatoms. The highest BCUT2D eigenvalue weighted by molar-refractivity contribution is 8.31.